The second kappa shape index (κ2) is 5.52. The Morgan fingerprint density at radius 2 is 2.29 bits per heavy atom. The summed E-state index contributed by atoms with van der Waals surface area (Å²) in [5.41, 5.74) is 2.85. The fraction of sp³-hybridized carbons (Fsp3) is 0.286. The molecule has 0 aromatic heterocycles. The highest BCUT2D eigenvalue weighted by Gasteiger charge is 1.65. The zero-order valence-electron chi connectivity index (χ0n) is 4.48. The fourth-order valence-electron chi connectivity index (χ4n) is 0.269. The van der Waals surface area contributed by atoms with Crippen molar-refractivity contribution in [2.45, 2.75) is 12.8 Å². The van der Waals surface area contributed by atoms with Crippen molar-refractivity contribution >= 4 is 0 Å². The van der Waals surface area contributed by atoms with Gasteiger partial charge in [0.15, 0.2) is 0 Å². The molecule has 0 bridgehead atoms. The normalized spacial score (nSPS) is 7.14. The first kappa shape index (κ1) is 6.52. The average molecular weight is 94.2 g/mol. The molecule has 38 valence electrons. The molecule has 0 aromatic carbocycles. The summed E-state index contributed by atoms with van der Waals surface area (Å²) >= 11 is 0. The Morgan fingerprint density at radius 3 is 2.71 bits per heavy atom. The average Bonchev–Trinajstić information content (AvgIpc) is 1.69. The molecule has 0 spiro atoms. The molecule has 0 aliphatic carbocycles. The van der Waals surface area contributed by atoms with Crippen molar-refractivity contribution in [2.24, 2.45) is 0 Å². The molecular formula is C7H10. The number of allylic oxidation sites excluding steroid dienone is 1. The Hall–Kier alpha value is -0.480. The highest BCUT2D eigenvalue weighted by molar-refractivity contribution is 4.86. The van der Waals surface area contributed by atoms with Gasteiger partial charge in [0.25, 0.3) is 0 Å². The summed E-state index contributed by atoms with van der Waals surface area (Å²) in [4.78, 5) is 0. The topological polar surface area (TPSA) is 0 Å². The molecule has 0 N–H and O–H groups in total. The van der Waals surface area contributed by atoms with Crippen molar-refractivity contribution in [3.05, 3.63) is 31.7 Å². The summed E-state index contributed by atoms with van der Waals surface area (Å²) < 4.78 is 0. The maximum absolute atomic E-state index is 3.65. The molecule has 0 fully saturated rings. The largest absolute Gasteiger partial charge is 0.130 e. The predicted octanol–water partition coefficient (Wildman–Crippen LogP) is 2.15. The minimum atomic E-state index is 0.945. The molecule has 0 heterocycles. The van der Waals surface area contributed by atoms with Gasteiger partial charge in [-0.15, -0.1) is 5.73 Å². The Bertz CT molecular complexity index is 74.0. The summed E-state index contributed by atoms with van der Waals surface area (Å²) in [5, 5.41) is 0. The summed E-state index contributed by atoms with van der Waals surface area (Å²) in [6.07, 6.45) is 5.53. The highest BCUT2D eigenvalue weighted by atomic mass is 13.7. The van der Waals surface area contributed by atoms with Gasteiger partial charge in [0, 0.05) is 0 Å². The van der Waals surface area contributed by atoms with Crippen molar-refractivity contribution in [2.75, 3.05) is 0 Å². The lowest BCUT2D eigenvalue weighted by Crippen LogP contribution is -1.55. The Labute approximate surface area is 45.5 Å². The van der Waals surface area contributed by atoms with E-state index < -0.39 is 0 Å². The van der Waals surface area contributed by atoms with E-state index >= 15 is 0 Å². The molecule has 0 heteroatoms. The molecule has 0 nitrogen and oxygen atoms in total. The van der Waals surface area contributed by atoms with E-state index in [9.17, 15) is 0 Å². The molecule has 0 aliphatic rings. The van der Waals surface area contributed by atoms with E-state index in [0.717, 1.165) is 12.8 Å². The monoisotopic (exact) mass is 94.1 g/mol. The second-order valence-corrected chi connectivity index (χ2v) is 1.22. The lowest BCUT2D eigenvalue weighted by molar-refractivity contribution is 1.05. The van der Waals surface area contributed by atoms with Crippen LogP contribution in [0.1, 0.15) is 12.8 Å². The zero-order valence-corrected chi connectivity index (χ0v) is 4.48. The number of hydrogen-bond donors (Lipinski definition) is 0. The molecule has 0 unspecified atom stereocenters. The molecule has 7 heavy (non-hydrogen) atoms. The third-order valence-electron chi connectivity index (χ3n) is 0.584. The van der Waals surface area contributed by atoms with Crippen LogP contribution < -0.4 is 0 Å². The van der Waals surface area contributed by atoms with Crippen molar-refractivity contribution in [1.29, 1.82) is 0 Å². The van der Waals surface area contributed by atoms with Crippen LogP contribution in [0.15, 0.2) is 17.9 Å². The molecule has 0 aliphatic heterocycles. The van der Waals surface area contributed by atoms with Crippen LogP contribution in [0.4, 0.5) is 0 Å². The van der Waals surface area contributed by atoms with Gasteiger partial charge >= 0.3 is 0 Å². The summed E-state index contributed by atoms with van der Waals surface area (Å²) in [6, 6.07) is 0. The van der Waals surface area contributed by atoms with Crippen molar-refractivity contribution < 1.29 is 0 Å². The van der Waals surface area contributed by atoms with Crippen molar-refractivity contribution in [3.8, 4) is 0 Å². The van der Waals surface area contributed by atoms with Crippen LogP contribution in [0, 0.1) is 13.8 Å². The summed E-state index contributed by atoms with van der Waals surface area (Å²) in [6.45, 7) is 7.12. The van der Waals surface area contributed by atoms with Gasteiger partial charge < -0.3 is 0 Å². The van der Waals surface area contributed by atoms with Crippen molar-refractivity contribution in [1.82, 2.24) is 0 Å². The third kappa shape index (κ3) is 5.52. The molecule has 0 rings (SSSR count). The van der Waals surface area contributed by atoms with Crippen LogP contribution in [0.5, 0.6) is 0 Å². The maximum atomic E-state index is 3.65. The zero-order chi connectivity index (χ0) is 5.54. The molecular weight excluding hydrogens is 84.1 g/mol. The van der Waals surface area contributed by atoms with Gasteiger partial charge in [-0.1, -0.05) is 6.92 Å². The predicted molar refractivity (Wildman–Crippen MR) is 32.6 cm³/mol. The van der Waals surface area contributed by atoms with Crippen LogP contribution in [-0.2, 0) is 0 Å². The summed E-state index contributed by atoms with van der Waals surface area (Å²) in [5.74, 6) is 0. The van der Waals surface area contributed by atoms with Crippen molar-refractivity contribution in [3.63, 3.8) is 0 Å². The lowest BCUT2D eigenvalue weighted by Gasteiger charge is -1.74. The van der Waals surface area contributed by atoms with Gasteiger partial charge in [0.2, 0.25) is 0 Å². The van der Waals surface area contributed by atoms with E-state index in [0.29, 0.717) is 0 Å². The van der Waals surface area contributed by atoms with Gasteiger partial charge in [0.1, 0.15) is 0 Å². The standard InChI is InChI=1S/C7H10/c1-3-5-7-6-4-2/h3,7H,1-2,4,6H2. The van der Waals surface area contributed by atoms with E-state index in [1.54, 1.807) is 6.08 Å². The van der Waals surface area contributed by atoms with Gasteiger partial charge in [0.05, 0.1) is 0 Å². The number of unbranched alkanes of at least 4 members (excludes halogenated alkanes) is 1. The van der Waals surface area contributed by atoms with Crippen LogP contribution in [0.2, 0.25) is 0 Å². The van der Waals surface area contributed by atoms with E-state index in [4.69, 9.17) is 0 Å². The first-order valence-corrected chi connectivity index (χ1v) is 2.39. The van der Waals surface area contributed by atoms with Crippen LogP contribution in [0.25, 0.3) is 0 Å². The van der Waals surface area contributed by atoms with Gasteiger partial charge in [-0.2, -0.15) is 0 Å². The SMILES string of the molecule is [CH2]C=C=CCC[CH2]. The van der Waals surface area contributed by atoms with Crippen LogP contribution in [-0.4, -0.2) is 0 Å². The Morgan fingerprint density at radius 1 is 1.57 bits per heavy atom. The van der Waals surface area contributed by atoms with Gasteiger partial charge in [-0.3, -0.25) is 0 Å². The minimum Gasteiger partial charge on any atom is -0.130 e. The fourth-order valence-corrected chi connectivity index (χ4v) is 0.269. The van der Waals surface area contributed by atoms with E-state index in [1.165, 1.54) is 0 Å². The Kier molecular flexibility index (Phi) is 5.14. The molecule has 0 aromatic rings. The van der Waals surface area contributed by atoms with E-state index in [-0.39, 0.29) is 0 Å². The number of hydrogen-bond acceptors (Lipinski definition) is 0. The summed E-state index contributed by atoms with van der Waals surface area (Å²) in [7, 11) is 0. The second-order valence-electron chi connectivity index (χ2n) is 1.22. The smallest absolute Gasteiger partial charge is 0.0234 e. The molecule has 0 atom stereocenters. The highest BCUT2D eigenvalue weighted by Crippen LogP contribution is 1.83. The maximum Gasteiger partial charge on any atom is -0.0234 e. The number of rotatable bonds is 2. The quantitative estimate of drug-likeness (QED) is 0.460. The Balaban J connectivity index is 3.10. The van der Waals surface area contributed by atoms with Crippen LogP contribution in [0.3, 0.4) is 0 Å². The minimum absolute atomic E-state index is 0.945. The molecule has 0 saturated carbocycles. The van der Waals surface area contributed by atoms with Crippen LogP contribution >= 0.6 is 0 Å². The molecule has 0 saturated heterocycles. The van der Waals surface area contributed by atoms with E-state index in [2.05, 4.69) is 19.6 Å². The first-order chi connectivity index (χ1) is 3.41. The molecule has 0 amide bonds. The molecule has 2 radical (unpaired) electrons. The third-order valence-corrected chi connectivity index (χ3v) is 0.584. The first-order valence-electron chi connectivity index (χ1n) is 2.39. The van der Waals surface area contributed by atoms with Gasteiger partial charge in [-0.25, -0.2) is 0 Å². The van der Waals surface area contributed by atoms with E-state index in [1.807, 2.05) is 6.08 Å². The lowest BCUT2D eigenvalue weighted by atomic mass is 10.3. The van der Waals surface area contributed by atoms with Gasteiger partial charge in [-0.05, 0) is 31.9 Å².